The third-order valence-electron chi connectivity index (χ3n) is 4.00. The predicted molar refractivity (Wildman–Crippen MR) is 105 cm³/mol. The zero-order chi connectivity index (χ0) is 18.1. The summed E-state index contributed by atoms with van der Waals surface area (Å²) in [4.78, 5) is 8.91. The molecule has 4 nitrogen and oxygen atoms in total. The molecular formula is C21H15ClN2O2. The van der Waals surface area contributed by atoms with E-state index in [-0.39, 0.29) is 5.75 Å². The number of nitrogens with zero attached hydrogens (tertiary/aromatic N) is 2. The van der Waals surface area contributed by atoms with Gasteiger partial charge in [-0.2, -0.15) is 0 Å². The van der Waals surface area contributed by atoms with E-state index in [1.807, 2.05) is 49.4 Å². The highest BCUT2D eigenvalue weighted by Crippen LogP contribution is 2.27. The molecule has 0 saturated carbocycles. The van der Waals surface area contributed by atoms with Crippen molar-refractivity contribution in [2.75, 3.05) is 0 Å². The van der Waals surface area contributed by atoms with Gasteiger partial charge in [-0.05, 0) is 67.1 Å². The summed E-state index contributed by atoms with van der Waals surface area (Å²) >= 11 is 5.94. The quantitative estimate of drug-likeness (QED) is 0.460. The van der Waals surface area contributed by atoms with E-state index in [4.69, 9.17) is 16.0 Å². The minimum absolute atomic E-state index is 0.136. The van der Waals surface area contributed by atoms with Gasteiger partial charge < -0.3 is 9.52 Å². The summed E-state index contributed by atoms with van der Waals surface area (Å²) in [5.74, 6) is 0.713. The van der Waals surface area contributed by atoms with E-state index >= 15 is 0 Å². The zero-order valence-corrected chi connectivity index (χ0v) is 14.7. The van der Waals surface area contributed by atoms with Gasteiger partial charge in [0.2, 0.25) is 5.89 Å². The Kier molecular flexibility index (Phi) is 4.19. The molecule has 3 aromatic carbocycles. The highest BCUT2D eigenvalue weighted by molar-refractivity contribution is 6.30. The van der Waals surface area contributed by atoms with Crippen LogP contribution in [0.15, 0.2) is 70.1 Å². The number of phenolic OH excluding ortho intramolecular Hbond substituents is 1. The summed E-state index contributed by atoms with van der Waals surface area (Å²) < 4.78 is 5.81. The first-order valence-corrected chi connectivity index (χ1v) is 8.46. The molecule has 26 heavy (non-hydrogen) atoms. The van der Waals surface area contributed by atoms with Crippen molar-refractivity contribution < 1.29 is 9.52 Å². The number of aliphatic imine (C=N–C) groups is 1. The Morgan fingerprint density at radius 1 is 1.04 bits per heavy atom. The maximum absolute atomic E-state index is 9.82. The number of hydrogen-bond acceptors (Lipinski definition) is 4. The molecule has 1 heterocycles. The molecule has 0 aliphatic rings. The second-order valence-electron chi connectivity index (χ2n) is 6.00. The first-order valence-electron chi connectivity index (χ1n) is 8.09. The van der Waals surface area contributed by atoms with Crippen LogP contribution in [-0.2, 0) is 0 Å². The Balaban J connectivity index is 1.59. The number of phenols is 1. The molecule has 0 aliphatic carbocycles. The summed E-state index contributed by atoms with van der Waals surface area (Å²) in [5, 5.41) is 10.4. The fraction of sp³-hybridized carbons (Fsp3) is 0.0476. The highest BCUT2D eigenvalue weighted by atomic mass is 35.5. The number of hydrogen-bond donors (Lipinski definition) is 1. The van der Waals surface area contributed by atoms with Crippen LogP contribution in [0.4, 0.5) is 5.69 Å². The van der Waals surface area contributed by atoms with Crippen LogP contribution >= 0.6 is 11.6 Å². The van der Waals surface area contributed by atoms with Crippen LogP contribution in [0.2, 0.25) is 5.02 Å². The lowest BCUT2D eigenvalue weighted by Crippen LogP contribution is -1.82. The smallest absolute Gasteiger partial charge is 0.227 e. The van der Waals surface area contributed by atoms with Gasteiger partial charge in [0.15, 0.2) is 5.58 Å². The van der Waals surface area contributed by atoms with Gasteiger partial charge in [0.1, 0.15) is 11.3 Å². The average Bonchev–Trinajstić information content (AvgIpc) is 3.06. The van der Waals surface area contributed by atoms with Gasteiger partial charge in [-0.3, -0.25) is 4.99 Å². The normalized spacial score (nSPS) is 11.5. The molecular weight excluding hydrogens is 348 g/mol. The number of aryl methyl sites for hydroxylation is 1. The second-order valence-corrected chi connectivity index (χ2v) is 6.43. The maximum Gasteiger partial charge on any atom is 0.227 e. The Hall–Kier alpha value is -3.11. The molecule has 5 heteroatoms. The van der Waals surface area contributed by atoms with Gasteiger partial charge >= 0.3 is 0 Å². The number of benzene rings is 3. The predicted octanol–water partition coefficient (Wildman–Crippen LogP) is 5.91. The van der Waals surface area contributed by atoms with E-state index in [0.29, 0.717) is 16.5 Å². The van der Waals surface area contributed by atoms with Crippen LogP contribution in [0, 0.1) is 6.92 Å². The molecule has 0 saturated heterocycles. The van der Waals surface area contributed by atoms with E-state index < -0.39 is 0 Å². The van der Waals surface area contributed by atoms with E-state index in [1.54, 1.807) is 24.4 Å². The zero-order valence-electron chi connectivity index (χ0n) is 14.0. The van der Waals surface area contributed by atoms with Crippen molar-refractivity contribution in [3.8, 4) is 17.2 Å². The molecule has 1 N–H and O–H groups in total. The third kappa shape index (κ3) is 3.32. The van der Waals surface area contributed by atoms with Gasteiger partial charge in [0.25, 0.3) is 0 Å². The van der Waals surface area contributed by atoms with Crippen molar-refractivity contribution in [2.24, 2.45) is 4.99 Å². The number of fused-ring (bicyclic) bond motifs is 1. The molecule has 0 unspecified atom stereocenters. The first kappa shape index (κ1) is 16.4. The number of aromatic hydroxyl groups is 1. The van der Waals surface area contributed by atoms with Crippen LogP contribution in [0.1, 0.15) is 11.1 Å². The van der Waals surface area contributed by atoms with E-state index in [9.17, 15) is 5.11 Å². The number of rotatable bonds is 3. The Bertz CT molecular complexity index is 1110. The molecule has 0 atom stereocenters. The molecule has 0 bridgehead atoms. The number of oxazole rings is 1. The highest BCUT2D eigenvalue weighted by Gasteiger charge is 2.08. The van der Waals surface area contributed by atoms with Gasteiger partial charge in [-0.25, -0.2) is 4.98 Å². The van der Waals surface area contributed by atoms with Crippen molar-refractivity contribution in [1.82, 2.24) is 4.98 Å². The number of aromatic nitrogens is 1. The topological polar surface area (TPSA) is 58.6 Å². The van der Waals surface area contributed by atoms with Crippen molar-refractivity contribution >= 4 is 34.6 Å². The summed E-state index contributed by atoms with van der Waals surface area (Å²) in [7, 11) is 0. The summed E-state index contributed by atoms with van der Waals surface area (Å²) in [6.07, 6.45) is 1.58. The molecule has 0 spiro atoms. The fourth-order valence-corrected chi connectivity index (χ4v) is 2.80. The summed E-state index contributed by atoms with van der Waals surface area (Å²) in [6.45, 7) is 2.03. The summed E-state index contributed by atoms with van der Waals surface area (Å²) in [5.41, 5.74) is 4.95. The van der Waals surface area contributed by atoms with Gasteiger partial charge in [-0.1, -0.05) is 17.7 Å². The van der Waals surface area contributed by atoms with Crippen molar-refractivity contribution in [3.63, 3.8) is 0 Å². The molecule has 4 rings (SSSR count). The second kappa shape index (κ2) is 6.65. The van der Waals surface area contributed by atoms with E-state index in [0.717, 1.165) is 27.9 Å². The Morgan fingerprint density at radius 3 is 2.65 bits per heavy atom. The summed E-state index contributed by atoms with van der Waals surface area (Å²) in [6, 6.07) is 18.3. The van der Waals surface area contributed by atoms with Crippen LogP contribution in [-0.4, -0.2) is 16.3 Å². The standard InChI is InChI=1S/C21H15ClN2O2/c1-13-2-9-20-18(10-13)24-21(26-20)14-3-6-17(7-4-14)23-12-15-11-16(22)5-8-19(15)25/h2-12,25H,1H3. The minimum atomic E-state index is 0.136. The molecule has 0 fully saturated rings. The molecule has 0 radical (unpaired) electrons. The monoisotopic (exact) mass is 362 g/mol. The molecule has 4 aromatic rings. The van der Waals surface area contributed by atoms with E-state index in [2.05, 4.69) is 9.98 Å². The van der Waals surface area contributed by atoms with Crippen molar-refractivity contribution in [1.29, 1.82) is 0 Å². The lowest BCUT2D eigenvalue weighted by atomic mass is 10.2. The van der Waals surface area contributed by atoms with Gasteiger partial charge in [-0.15, -0.1) is 0 Å². The Morgan fingerprint density at radius 2 is 1.85 bits per heavy atom. The van der Waals surface area contributed by atoms with Gasteiger partial charge in [0.05, 0.1) is 5.69 Å². The molecule has 1 aromatic heterocycles. The first-order chi connectivity index (χ1) is 12.6. The van der Waals surface area contributed by atoms with Crippen molar-refractivity contribution in [2.45, 2.75) is 6.92 Å². The molecule has 128 valence electrons. The average molecular weight is 363 g/mol. The largest absolute Gasteiger partial charge is 0.507 e. The van der Waals surface area contributed by atoms with Crippen LogP contribution < -0.4 is 0 Å². The SMILES string of the molecule is Cc1ccc2oc(-c3ccc(N=Cc4cc(Cl)ccc4O)cc3)nc2c1. The lowest BCUT2D eigenvalue weighted by Gasteiger charge is -2.00. The van der Waals surface area contributed by atoms with Crippen molar-refractivity contribution in [3.05, 3.63) is 76.8 Å². The van der Waals surface area contributed by atoms with Crippen LogP contribution in [0.25, 0.3) is 22.6 Å². The third-order valence-corrected chi connectivity index (χ3v) is 4.23. The van der Waals surface area contributed by atoms with Crippen LogP contribution in [0.5, 0.6) is 5.75 Å². The minimum Gasteiger partial charge on any atom is -0.507 e. The Labute approximate surface area is 155 Å². The molecule has 0 aliphatic heterocycles. The van der Waals surface area contributed by atoms with E-state index in [1.165, 1.54) is 0 Å². The lowest BCUT2D eigenvalue weighted by molar-refractivity contribution is 0.474. The maximum atomic E-state index is 9.82. The fourth-order valence-electron chi connectivity index (χ4n) is 2.62. The molecule has 0 amide bonds. The number of halogens is 1. The van der Waals surface area contributed by atoms with Crippen LogP contribution in [0.3, 0.4) is 0 Å². The van der Waals surface area contributed by atoms with Gasteiger partial charge in [0, 0.05) is 22.4 Å².